The number of rotatable bonds is 4. The predicted molar refractivity (Wildman–Crippen MR) is 71.8 cm³/mol. The molecule has 1 atom stereocenters. The van der Waals surface area contributed by atoms with Crippen LogP contribution in [0.1, 0.15) is 35.2 Å². The lowest BCUT2D eigenvalue weighted by Gasteiger charge is -2.13. The van der Waals surface area contributed by atoms with E-state index < -0.39 is 17.6 Å². The summed E-state index contributed by atoms with van der Waals surface area (Å²) in [7, 11) is 0. The third-order valence-corrected chi connectivity index (χ3v) is 3.40. The molecule has 0 spiro atoms. The van der Waals surface area contributed by atoms with E-state index in [-0.39, 0.29) is 17.4 Å². The molecule has 0 aromatic heterocycles. The summed E-state index contributed by atoms with van der Waals surface area (Å²) in [4.78, 5) is 11.9. The number of hydrogen-bond donors (Lipinski definition) is 2. The van der Waals surface area contributed by atoms with E-state index in [9.17, 15) is 18.0 Å². The molecule has 21 heavy (non-hydrogen) atoms. The van der Waals surface area contributed by atoms with Crippen LogP contribution in [-0.2, 0) is 10.9 Å². The van der Waals surface area contributed by atoms with Crippen molar-refractivity contribution in [2.24, 2.45) is 0 Å². The summed E-state index contributed by atoms with van der Waals surface area (Å²) in [6.07, 6.45) is -1.80. The van der Waals surface area contributed by atoms with Gasteiger partial charge in [0.15, 0.2) is 0 Å². The first-order chi connectivity index (χ1) is 9.88. The fourth-order valence-electron chi connectivity index (χ4n) is 2.24. The molecule has 1 amide bonds. The van der Waals surface area contributed by atoms with Gasteiger partial charge in [-0.3, -0.25) is 4.79 Å². The van der Waals surface area contributed by atoms with Crippen LogP contribution in [0.25, 0.3) is 0 Å². The zero-order chi connectivity index (χ0) is 15.5. The predicted octanol–water partition coefficient (Wildman–Crippen LogP) is 2.59. The molecule has 1 aromatic rings. The minimum atomic E-state index is -4.50. The molecule has 1 aromatic carbocycles. The molecule has 7 heteroatoms. The third kappa shape index (κ3) is 4.10. The minimum Gasteiger partial charge on any atom is -0.398 e. The Bertz CT molecular complexity index is 511. The molecule has 2 rings (SSSR count). The Balaban J connectivity index is 1.97. The Morgan fingerprint density at radius 1 is 1.43 bits per heavy atom. The van der Waals surface area contributed by atoms with Crippen molar-refractivity contribution < 1.29 is 22.7 Å². The Hall–Kier alpha value is -1.76. The van der Waals surface area contributed by atoms with Gasteiger partial charge in [-0.25, -0.2) is 0 Å². The van der Waals surface area contributed by atoms with Gasteiger partial charge in [-0.2, -0.15) is 13.2 Å². The zero-order valence-electron chi connectivity index (χ0n) is 11.4. The molecule has 0 radical (unpaired) electrons. The van der Waals surface area contributed by atoms with Gasteiger partial charge in [0.2, 0.25) is 0 Å². The number of nitrogens with one attached hydrogen (secondary N) is 1. The van der Waals surface area contributed by atoms with Gasteiger partial charge in [-0.1, -0.05) is 0 Å². The minimum absolute atomic E-state index is 0.0256. The number of nitrogen functional groups attached to an aromatic ring is 1. The molecule has 0 bridgehead atoms. The first-order valence-corrected chi connectivity index (χ1v) is 6.74. The number of halogens is 3. The van der Waals surface area contributed by atoms with Crippen molar-refractivity contribution >= 4 is 11.6 Å². The van der Waals surface area contributed by atoms with E-state index in [4.69, 9.17) is 10.5 Å². The summed E-state index contributed by atoms with van der Waals surface area (Å²) in [5.74, 6) is -0.600. The fraction of sp³-hybridized carbons (Fsp3) is 0.500. The molecule has 1 aliphatic heterocycles. The summed E-state index contributed by atoms with van der Waals surface area (Å²) in [5.41, 5.74) is 4.56. The normalized spacial score (nSPS) is 18.7. The number of ether oxygens (including phenoxy) is 1. The van der Waals surface area contributed by atoms with Crippen molar-refractivity contribution in [1.82, 2.24) is 5.32 Å². The average molecular weight is 302 g/mol. The lowest BCUT2D eigenvalue weighted by Crippen LogP contribution is -2.28. The van der Waals surface area contributed by atoms with E-state index >= 15 is 0 Å². The monoisotopic (exact) mass is 302 g/mol. The van der Waals surface area contributed by atoms with Gasteiger partial charge in [0.05, 0.1) is 17.2 Å². The molecular weight excluding hydrogens is 285 g/mol. The van der Waals surface area contributed by atoms with Crippen molar-refractivity contribution in [1.29, 1.82) is 0 Å². The fourth-order valence-corrected chi connectivity index (χ4v) is 2.24. The second-order valence-corrected chi connectivity index (χ2v) is 4.98. The number of alkyl halides is 3. The lowest BCUT2D eigenvalue weighted by atomic mass is 10.1. The first kappa shape index (κ1) is 15.6. The smallest absolute Gasteiger partial charge is 0.398 e. The molecule has 4 nitrogen and oxygen atoms in total. The third-order valence-electron chi connectivity index (χ3n) is 3.40. The standard InChI is InChI=1S/C14H17F3N2O2/c15-14(16,17)9-3-4-12(18)11(8-9)13(20)19-6-5-10-2-1-7-21-10/h3-4,8,10H,1-2,5-7,18H2,(H,19,20). The molecule has 1 heterocycles. The quantitative estimate of drug-likeness (QED) is 0.840. The number of carbonyl (C=O) groups excluding carboxylic acids is 1. The Kier molecular flexibility index (Phi) is 4.72. The van der Waals surface area contributed by atoms with Gasteiger partial charge in [0.1, 0.15) is 0 Å². The highest BCUT2D eigenvalue weighted by atomic mass is 19.4. The molecule has 1 fully saturated rings. The highest BCUT2D eigenvalue weighted by molar-refractivity contribution is 5.99. The maximum Gasteiger partial charge on any atom is 0.416 e. The van der Waals surface area contributed by atoms with E-state index in [1.165, 1.54) is 0 Å². The molecule has 1 aliphatic rings. The van der Waals surface area contributed by atoms with Crippen molar-refractivity contribution in [3.8, 4) is 0 Å². The largest absolute Gasteiger partial charge is 0.416 e. The van der Waals surface area contributed by atoms with Crippen LogP contribution in [0, 0.1) is 0 Å². The van der Waals surface area contributed by atoms with Crippen LogP contribution < -0.4 is 11.1 Å². The highest BCUT2D eigenvalue weighted by Crippen LogP contribution is 2.31. The van der Waals surface area contributed by atoms with E-state index in [2.05, 4.69) is 5.32 Å². The van der Waals surface area contributed by atoms with Crippen molar-refractivity contribution in [3.63, 3.8) is 0 Å². The average Bonchev–Trinajstić information content (AvgIpc) is 2.91. The number of benzene rings is 1. The number of carbonyl (C=O) groups is 1. The summed E-state index contributed by atoms with van der Waals surface area (Å²) >= 11 is 0. The van der Waals surface area contributed by atoms with Crippen LogP contribution in [0.5, 0.6) is 0 Å². The van der Waals surface area contributed by atoms with Gasteiger partial charge in [0, 0.05) is 18.8 Å². The molecule has 1 saturated heterocycles. The van der Waals surface area contributed by atoms with E-state index in [0.29, 0.717) is 13.0 Å². The summed E-state index contributed by atoms with van der Waals surface area (Å²) < 4.78 is 43.3. The van der Waals surface area contributed by atoms with E-state index in [1.807, 2.05) is 0 Å². The van der Waals surface area contributed by atoms with Gasteiger partial charge in [0.25, 0.3) is 5.91 Å². The number of nitrogens with two attached hydrogens (primary N) is 1. The van der Waals surface area contributed by atoms with Crippen molar-refractivity contribution in [2.75, 3.05) is 18.9 Å². The van der Waals surface area contributed by atoms with Crippen LogP contribution in [0.15, 0.2) is 18.2 Å². The van der Waals surface area contributed by atoms with Crippen molar-refractivity contribution in [2.45, 2.75) is 31.5 Å². The highest BCUT2D eigenvalue weighted by Gasteiger charge is 2.31. The van der Waals surface area contributed by atoms with Crippen LogP contribution in [0.4, 0.5) is 18.9 Å². The van der Waals surface area contributed by atoms with Crippen LogP contribution >= 0.6 is 0 Å². The molecule has 3 N–H and O–H groups in total. The zero-order valence-corrected chi connectivity index (χ0v) is 11.4. The first-order valence-electron chi connectivity index (χ1n) is 6.74. The van der Waals surface area contributed by atoms with Gasteiger partial charge in [-0.05, 0) is 37.5 Å². The van der Waals surface area contributed by atoms with E-state index in [1.54, 1.807) is 0 Å². The van der Waals surface area contributed by atoms with E-state index in [0.717, 1.165) is 37.6 Å². The maximum atomic E-state index is 12.6. The van der Waals surface area contributed by atoms with Gasteiger partial charge >= 0.3 is 6.18 Å². The van der Waals surface area contributed by atoms with Gasteiger partial charge in [-0.15, -0.1) is 0 Å². The van der Waals surface area contributed by atoms with Gasteiger partial charge < -0.3 is 15.8 Å². The lowest BCUT2D eigenvalue weighted by molar-refractivity contribution is -0.137. The Morgan fingerprint density at radius 3 is 2.81 bits per heavy atom. The maximum absolute atomic E-state index is 12.6. The summed E-state index contributed by atoms with van der Waals surface area (Å²) in [5, 5.41) is 2.58. The number of amides is 1. The number of anilines is 1. The van der Waals surface area contributed by atoms with Crippen LogP contribution in [0.2, 0.25) is 0 Å². The molecule has 0 aliphatic carbocycles. The van der Waals surface area contributed by atoms with Crippen molar-refractivity contribution in [3.05, 3.63) is 29.3 Å². The molecule has 1 unspecified atom stereocenters. The number of hydrogen-bond acceptors (Lipinski definition) is 3. The second kappa shape index (κ2) is 6.34. The van der Waals surface area contributed by atoms with Crippen LogP contribution in [0.3, 0.4) is 0 Å². The molecule has 116 valence electrons. The summed E-state index contributed by atoms with van der Waals surface area (Å²) in [6.45, 7) is 1.07. The Morgan fingerprint density at radius 2 is 2.19 bits per heavy atom. The summed E-state index contributed by atoms with van der Waals surface area (Å²) in [6, 6.07) is 2.73. The Labute approximate surface area is 120 Å². The second-order valence-electron chi connectivity index (χ2n) is 4.98. The SMILES string of the molecule is Nc1ccc(C(F)(F)F)cc1C(=O)NCCC1CCCO1. The molecule has 0 saturated carbocycles. The topological polar surface area (TPSA) is 64.4 Å². The molecular formula is C14H17F3N2O2. The van der Waals surface area contributed by atoms with Crippen LogP contribution in [-0.4, -0.2) is 25.2 Å².